The first-order valence-electron chi connectivity index (χ1n) is 4.88. The summed E-state index contributed by atoms with van der Waals surface area (Å²) in [7, 11) is 0. The third kappa shape index (κ3) is 2.26. The fraction of sp³-hybridized carbons (Fsp3) is 0.500. The van der Waals surface area contributed by atoms with Crippen LogP contribution in [0.1, 0.15) is 28.9 Å². The molecule has 1 aliphatic rings. The molecule has 0 spiro atoms. The molecule has 0 bridgehead atoms. The van der Waals surface area contributed by atoms with Crippen molar-refractivity contribution in [2.75, 3.05) is 12.3 Å². The Morgan fingerprint density at radius 2 is 2.43 bits per heavy atom. The zero-order chi connectivity index (χ0) is 9.97. The van der Waals surface area contributed by atoms with Crippen LogP contribution < -0.4 is 11.1 Å². The van der Waals surface area contributed by atoms with Gasteiger partial charge in [-0.15, -0.1) is 11.3 Å². The maximum absolute atomic E-state index is 11.5. The number of hydrogen-bond acceptors (Lipinski definition) is 3. The smallest absolute Gasteiger partial charge is 0.263 e. The third-order valence-corrected chi connectivity index (χ3v) is 3.37. The van der Waals surface area contributed by atoms with Gasteiger partial charge in [0.25, 0.3) is 5.91 Å². The van der Waals surface area contributed by atoms with Gasteiger partial charge in [-0.2, -0.15) is 0 Å². The molecule has 14 heavy (non-hydrogen) atoms. The maximum atomic E-state index is 11.5. The van der Waals surface area contributed by atoms with E-state index in [0.717, 1.165) is 18.9 Å². The minimum atomic E-state index is -0.0295. The number of nitrogen functional groups attached to an aromatic ring is 1. The molecule has 0 aromatic carbocycles. The van der Waals surface area contributed by atoms with Gasteiger partial charge in [-0.3, -0.25) is 4.79 Å². The van der Waals surface area contributed by atoms with E-state index in [-0.39, 0.29) is 5.91 Å². The summed E-state index contributed by atoms with van der Waals surface area (Å²) < 4.78 is 0. The Balaban J connectivity index is 1.79. The Morgan fingerprint density at radius 3 is 3.00 bits per heavy atom. The summed E-state index contributed by atoms with van der Waals surface area (Å²) in [6, 6.07) is 1.76. The summed E-state index contributed by atoms with van der Waals surface area (Å²) in [6.07, 6.45) is 3.77. The zero-order valence-electron chi connectivity index (χ0n) is 7.95. The van der Waals surface area contributed by atoms with Gasteiger partial charge in [0.2, 0.25) is 0 Å². The average molecular weight is 210 g/mol. The Bertz CT molecular complexity index is 331. The van der Waals surface area contributed by atoms with Gasteiger partial charge in [0.15, 0.2) is 0 Å². The molecule has 76 valence electrons. The van der Waals surface area contributed by atoms with E-state index >= 15 is 0 Å². The lowest BCUT2D eigenvalue weighted by atomic mass is 10.3. The van der Waals surface area contributed by atoms with Crippen LogP contribution in [0.5, 0.6) is 0 Å². The van der Waals surface area contributed by atoms with Crippen LogP contribution >= 0.6 is 11.3 Å². The predicted molar refractivity (Wildman–Crippen MR) is 58.4 cm³/mol. The average Bonchev–Trinajstić information content (AvgIpc) is 2.87. The molecule has 0 radical (unpaired) electrons. The molecule has 3 N–H and O–H groups in total. The van der Waals surface area contributed by atoms with Crippen LogP contribution in [0.25, 0.3) is 0 Å². The number of nitrogens with one attached hydrogen (secondary N) is 1. The third-order valence-electron chi connectivity index (χ3n) is 2.44. The van der Waals surface area contributed by atoms with Crippen molar-refractivity contribution >= 4 is 22.9 Å². The van der Waals surface area contributed by atoms with Crippen molar-refractivity contribution in [3.8, 4) is 0 Å². The van der Waals surface area contributed by atoms with Crippen LogP contribution in [0.15, 0.2) is 11.4 Å². The molecule has 3 nitrogen and oxygen atoms in total. The monoisotopic (exact) mass is 210 g/mol. The fourth-order valence-electron chi connectivity index (χ4n) is 1.38. The Kier molecular flexibility index (Phi) is 2.72. The van der Waals surface area contributed by atoms with Crippen LogP contribution in [0.2, 0.25) is 0 Å². The number of rotatable bonds is 4. The van der Waals surface area contributed by atoms with E-state index < -0.39 is 0 Å². The van der Waals surface area contributed by atoms with Crippen LogP contribution in [0, 0.1) is 5.92 Å². The molecule has 1 aliphatic carbocycles. The van der Waals surface area contributed by atoms with Crippen LogP contribution in [-0.2, 0) is 0 Å². The quantitative estimate of drug-likeness (QED) is 0.797. The number of nitrogens with two attached hydrogens (primary N) is 1. The van der Waals surface area contributed by atoms with E-state index in [4.69, 9.17) is 5.73 Å². The number of hydrogen-bond donors (Lipinski definition) is 2. The molecule has 0 saturated heterocycles. The second kappa shape index (κ2) is 4.00. The minimum Gasteiger partial charge on any atom is -0.397 e. The Hall–Kier alpha value is -1.03. The van der Waals surface area contributed by atoms with Crippen molar-refractivity contribution in [3.05, 3.63) is 16.3 Å². The number of amides is 1. The van der Waals surface area contributed by atoms with Gasteiger partial charge in [0, 0.05) is 6.54 Å². The Morgan fingerprint density at radius 1 is 1.64 bits per heavy atom. The van der Waals surface area contributed by atoms with E-state index in [1.165, 1.54) is 24.2 Å². The first kappa shape index (κ1) is 9.52. The van der Waals surface area contributed by atoms with Crippen molar-refractivity contribution in [1.82, 2.24) is 5.32 Å². The molecule has 1 aromatic heterocycles. The maximum Gasteiger partial charge on any atom is 0.263 e. The second-order valence-electron chi connectivity index (χ2n) is 3.69. The van der Waals surface area contributed by atoms with Gasteiger partial charge in [0.1, 0.15) is 4.88 Å². The van der Waals surface area contributed by atoms with E-state index in [1.807, 2.05) is 5.38 Å². The molecule has 2 rings (SSSR count). The topological polar surface area (TPSA) is 55.1 Å². The molecule has 0 aliphatic heterocycles. The lowest BCUT2D eigenvalue weighted by molar-refractivity contribution is 0.0957. The van der Waals surface area contributed by atoms with Crippen LogP contribution in [0.4, 0.5) is 5.69 Å². The summed E-state index contributed by atoms with van der Waals surface area (Å²) in [5.74, 6) is 0.828. The van der Waals surface area contributed by atoms with E-state index in [0.29, 0.717) is 10.6 Å². The summed E-state index contributed by atoms with van der Waals surface area (Å²) in [6.45, 7) is 0.779. The standard InChI is InChI=1S/C10H14N2OS/c11-8-4-6-14-9(8)10(13)12-5-3-7-1-2-7/h4,6-7H,1-3,5,11H2,(H,12,13). The van der Waals surface area contributed by atoms with Crippen molar-refractivity contribution in [2.45, 2.75) is 19.3 Å². The van der Waals surface area contributed by atoms with Gasteiger partial charge in [-0.25, -0.2) is 0 Å². The van der Waals surface area contributed by atoms with Gasteiger partial charge in [-0.1, -0.05) is 12.8 Å². The fourth-order valence-corrected chi connectivity index (χ4v) is 2.11. The second-order valence-corrected chi connectivity index (χ2v) is 4.61. The molecule has 1 amide bonds. The lowest BCUT2D eigenvalue weighted by Crippen LogP contribution is -2.24. The van der Waals surface area contributed by atoms with Crippen molar-refractivity contribution in [1.29, 1.82) is 0 Å². The normalized spacial score (nSPS) is 15.4. The number of anilines is 1. The molecule has 1 saturated carbocycles. The first-order chi connectivity index (χ1) is 6.77. The molecular weight excluding hydrogens is 196 g/mol. The number of carbonyl (C=O) groups excluding carboxylic acids is 1. The predicted octanol–water partition coefficient (Wildman–Crippen LogP) is 1.86. The number of thiophene rings is 1. The van der Waals surface area contributed by atoms with Crippen LogP contribution in [-0.4, -0.2) is 12.5 Å². The zero-order valence-corrected chi connectivity index (χ0v) is 8.77. The van der Waals surface area contributed by atoms with Gasteiger partial charge in [0.05, 0.1) is 5.69 Å². The molecule has 0 unspecified atom stereocenters. The highest BCUT2D eigenvalue weighted by Gasteiger charge is 2.21. The molecule has 4 heteroatoms. The minimum absolute atomic E-state index is 0.0295. The molecule has 1 heterocycles. The van der Waals surface area contributed by atoms with Crippen molar-refractivity contribution < 1.29 is 4.79 Å². The highest BCUT2D eigenvalue weighted by atomic mass is 32.1. The van der Waals surface area contributed by atoms with Gasteiger partial charge in [-0.05, 0) is 23.8 Å². The summed E-state index contributed by atoms with van der Waals surface area (Å²) in [5.41, 5.74) is 6.22. The number of carbonyl (C=O) groups is 1. The largest absolute Gasteiger partial charge is 0.397 e. The summed E-state index contributed by atoms with van der Waals surface area (Å²) in [4.78, 5) is 12.2. The Labute approximate surface area is 87.3 Å². The van der Waals surface area contributed by atoms with Crippen molar-refractivity contribution in [3.63, 3.8) is 0 Å². The summed E-state index contributed by atoms with van der Waals surface area (Å²) >= 11 is 1.40. The van der Waals surface area contributed by atoms with E-state index in [2.05, 4.69) is 5.32 Å². The highest BCUT2D eigenvalue weighted by Crippen LogP contribution is 2.31. The molecule has 0 atom stereocenters. The molecular formula is C10H14N2OS. The lowest BCUT2D eigenvalue weighted by Gasteiger charge is -2.02. The van der Waals surface area contributed by atoms with Gasteiger partial charge < -0.3 is 11.1 Å². The van der Waals surface area contributed by atoms with E-state index in [1.54, 1.807) is 6.07 Å². The SMILES string of the molecule is Nc1ccsc1C(=O)NCCC1CC1. The van der Waals surface area contributed by atoms with E-state index in [9.17, 15) is 4.79 Å². The van der Waals surface area contributed by atoms with Crippen molar-refractivity contribution in [2.24, 2.45) is 5.92 Å². The molecule has 1 fully saturated rings. The first-order valence-corrected chi connectivity index (χ1v) is 5.76. The molecule has 1 aromatic rings. The van der Waals surface area contributed by atoms with Gasteiger partial charge >= 0.3 is 0 Å². The highest BCUT2D eigenvalue weighted by molar-refractivity contribution is 7.12. The van der Waals surface area contributed by atoms with Crippen LogP contribution in [0.3, 0.4) is 0 Å². The summed E-state index contributed by atoms with van der Waals surface area (Å²) in [5, 5.41) is 4.73.